The van der Waals surface area contributed by atoms with Crippen molar-refractivity contribution < 1.29 is 13.6 Å². The van der Waals surface area contributed by atoms with Crippen LogP contribution in [0.3, 0.4) is 0 Å². The van der Waals surface area contributed by atoms with Gasteiger partial charge in [0.15, 0.2) is 0 Å². The Morgan fingerprint density at radius 2 is 2.23 bits per heavy atom. The lowest BCUT2D eigenvalue weighted by Crippen LogP contribution is -2.46. The first kappa shape index (κ1) is 17.0. The van der Waals surface area contributed by atoms with E-state index in [0.717, 1.165) is 28.0 Å². The number of aromatic amines is 1. The van der Waals surface area contributed by atoms with Crippen LogP contribution in [0.1, 0.15) is 18.1 Å². The molecule has 1 amide bonds. The third-order valence-corrected chi connectivity index (χ3v) is 5.46. The Morgan fingerprint density at radius 1 is 1.42 bits per heavy atom. The first-order chi connectivity index (χ1) is 12.5. The van der Waals surface area contributed by atoms with Gasteiger partial charge in [0.05, 0.1) is 12.1 Å². The minimum atomic E-state index is -1.85. The highest BCUT2D eigenvalue weighted by molar-refractivity contribution is 5.99. The molecule has 4 rings (SSSR count). The molecule has 2 heterocycles. The van der Waals surface area contributed by atoms with Gasteiger partial charge in [0, 0.05) is 36.2 Å². The van der Waals surface area contributed by atoms with Crippen LogP contribution in [0.25, 0.3) is 16.5 Å². The molecule has 0 saturated carbocycles. The molecular weight excluding hydrogens is 336 g/mol. The fourth-order valence-corrected chi connectivity index (χ4v) is 4.25. The zero-order valence-corrected chi connectivity index (χ0v) is 14.8. The first-order valence-corrected chi connectivity index (χ1v) is 8.84. The van der Waals surface area contributed by atoms with Gasteiger partial charge >= 0.3 is 0 Å². The number of hydrogen-bond donors (Lipinski definition) is 1. The van der Waals surface area contributed by atoms with Crippen molar-refractivity contribution in [3.8, 4) is 0 Å². The van der Waals surface area contributed by atoms with Crippen LogP contribution in [0.5, 0.6) is 0 Å². The van der Waals surface area contributed by atoms with Gasteiger partial charge in [-0.3, -0.25) is 9.69 Å². The van der Waals surface area contributed by atoms with Crippen LogP contribution >= 0.6 is 0 Å². The molecular formula is C20H21F2N3O. The molecule has 4 nitrogen and oxygen atoms in total. The molecule has 0 saturated heterocycles. The molecule has 0 spiro atoms. The Bertz CT molecular complexity index is 926. The van der Waals surface area contributed by atoms with Crippen LogP contribution in [0, 0.1) is 5.92 Å². The van der Waals surface area contributed by atoms with E-state index in [2.05, 4.69) is 22.1 Å². The van der Waals surface area contributed by atoms with Crippen LogP contribution in [0.4, 0.5) is 8.78 Å². The summed E-state index contributed by atoms with van der Waals surface area (Å²) in [7, 11) is 2.00. The highest BCUT2D eigenvalue weighted by Gasteiger charge is 2.36. The number of H-pyrrole nitrogens is 1. The number of likely N-dealkylation sites (N-methyl/N-ethyl adjacent to an activating group) is 1. The molecule has 136 valence electrons. The first-order valence-electron chi connectivity index (χ1n) is 8.84. The van der Waals surface area contributed by atoms with Crippen molar-refractivity contribution in [2.75, 3.05) is 20.1 Å². The van der Waals surface area contributed by atoms with E-state index in [1.165, 1.54) is 10.9 Å². The van der Waals surface area contributed by atoms with E-state index in [0.29, 0.717) is 12.7 Å². The number of benzene rings is 1. The molecule has 1 aliphatic heterocycles. The average molecular weight is 357 g/mol. The van der Waals surface area contributed by atoms with E-state index in [1.807, 2.05) is 25.3 Å². The summed E-state index contributed by atoms with van der Waals surface area (Å²) in [6.07, 6.45) is 3.72. The number of aromatic nitrogens is 1. The monoisotopic (exact) mass is 357 g/mol. The number of nitrogens with zero attached hydrogens (tertiary/aromatic N) is 2. The molecule has 0 radical (unpaired) electrons. The lowest BCUT2D eigenvalue weighted by Gasteiger charge is -2.40. The van der Waals surface area contributed by atoms with E-state index >= 15 is 0 Å². The number of halogens is 2. The van der Waals surface area contributed by atoms with Gasteiger partial charge < -0.3 is 9.88 Å². The summed E-state index contributed by atoms with van der Waals surface area (Å²) in [5.74, 6) is -0.720. The minimum Gasteiger partial charge on any atom is -0.361 e. The smallest absolute Gasteiger partial charge is 0.286 e. The molecule has 6 heteroatoms. The van der Waals surface area contributed by atoms with Crippen molar-refractivity contribution in [1.29, 1.82) is 0 Å². The Kier molecular flexibility index (Phi) is 4.15. The topological polar surface area (TPSA) is 39.3 Å². The maximum Gasteiger partial charge on any atom is 0.286 e. The van der Waals surface area contributed by atoms with E-state index in [-0.39, 0.29) is 18.5 Å². The second kappa shape index (κ2) is 6.36. The average Bonchev–Trinajstić information content (AvgIpc) is 3.04. The van der Waals surface area contributed by atoms with E-state index in [1.54, 1.807) is 6.92 Å². The fourth-order valence-electron chi connectivity index (χ4n) is 4.25. The summed E-state index contributed by atoms with van der Waals surface area (Å²) in [6, 6.07) is 6.34. The highest BCUT2D eigenvalue weighted by atomic mass is 19.3. The maximum atomic E-state index is 12.8. The molecule has 1 aromatic heterocycles. The van der Waals surface area contributed by atoms with Crippen molar-refractivity contribution in [2.24, 2.45) is 5.92 Å². The Labute approximate surface area is 150 Å². The molecule has 1 aromatic carbocycles. The lowest BCUT2D eigenvalue weighted by molar-refractivity contribution is -0.132. The fraction of sp³-hybridized carbons (Fsp3) is 0.350. The molecule has 0 fully saturated rings. The SMILES string of the molecule is CCN(C=C(F)F)C(=O)[C@@H]1C=C2c3cccc4[nH]cc(c34)C[C@H]2N(C)C1. The Balaban J connectivity index is 1.77. The number of nitrogens with one attached hydrogen (secondary N) is 1. The summed E-state index contributed by atoms with van der Waals surface area (Å²) >= 11 is 0. The quantitative estimate of drug-likeness (QED) is 0.911. The third-order valence-electron chi connectivity index (χ3n) is 5.46. The van der Waals surface area contributed by atoms with Crippen LogP contribution < -0.4 is 0 Å². The molecule has 2 atom stereocenters. The number of amides is 1. The van der Waals surface area contributed by atoms with Crippen molar-refractivity contribution in [3.63, 3.8) is 0 Å². The molecule has 1 N–H and O–H groups in total. The number of rotatable bonds is 3. The number of hydrogen-bond acceptors (Lipinski definition) is 2. The Morgan fingerprint density at radius 3 is 2.96 bits per heavy atom. The summed E-state index contributed by atoms with van der Waals surface area (Å²) < 4.78 is 25.3. The summed E-state index contributed by atoms with van der Waals surface area (Å²) in [6.45, 7) is 2.45. The normalized spacial score (nSPS) is 21.9. The van der Waals surface area contributed by atoms with Gasteiger partial charge in [-0.25, -0.2) is 0 Å². The van der Waals surface area contributed by atoms with Crippen molar-refractivity contribution in [1.82, 2.24) is 14.8 Å². The maximum absolute atomic E-state index is 12.8. The largest absolute Gasteiger partial charge is 0.361 e. The number of fused-ring (bicyclic) bond motifs is 2. The predicted molar refractivity (Wildman–Crippen MR) is 97.6 cm³/mol. The zero-order valence-electron chi connectivity index (χ0n) is 14.8. The van der Waals surface area contributed by atoms with Gasteiger partial charge in [-0.05, 0) is 43.2 Å². The van der Waals surface area contributed by atoms with Crippen LogP contribution in [-0.2, 0) is 11.2 Å². The molecule has 0 unspecified atom stereocenters. The van der Waals surface area contributed by atoms with Gasteiger partial charge in [-0.2, -0.15) is 8.78 Å². The molecule has 2 aliphatic rings. The van der Waals surface area contributed by atoms with Crippen LogP contribution in [0.15, 0.2) is 42.8 Å². The number of carbonyl (C=O) groups excluding carboxylic acids is 1. The molecule has 1 aliphatic carbocycles. The molecule has 2 aromatic rings. The molecule has 0 bridgehead atoms. The second-order valence-corrected chi connectivity index (χ2v) is 6.97. The van der Waals surface area contributed by atoms with Crippen molar-refractivity contribution >= 4 is 22.4 Å². The third kappa shape index (κ3) is 2.65. The summed E-state index contributed by atoms with van der Waals surface area (Å²) in [4.78, 5) is 19.4. The van der Waals surface area contributed by atoms with Crippen LogP contribution in [0.2, 0.25) is 0 Å². The minimum absolute atomic E-state index is 0.205. The van der Waals surface area contributed by atoms with Crippen molar-refractivity contribution in [3.05, 3.63) is 53.9 Å². The summed E-state index contributed by atoms with van der Waals surface area (Å²) in [5.41, 5.74) is 4.63. The van der Waals surface area contributed by atoms with Gasteiger partial charge in [0.1, 0.15) is 0 Å². The standard InChI is InChI=1S/C20H21F2N3O/c1-3-25(11-18(21)22)20(26)13-7-15-14-5-4-6-16-19(14)12(9-23-16)8-17(15)24(2)10-13/h4-7,9,11,13,17,23H,3,8,10H2,1-2H3/t13-,17-/m1/s1. The van der Waals surface area contributed by atoms with Gasteiger partial charge in [-0.15, -0.1) is 0 Å². The van der Waals surface area contributed by atoms with Crippen molar-refractivity contribution in [2.45, 2.75) is 19.4 Å². The van der Waals surface area contributed by atoms with Gasteiger partial charge in [0.25, 0.3) is 6.08 Å². The molecule has 26 heavy (non-hydrogen) atoms. The van der Waals surface area contributed by atoms with E-state index < -0.39 is 12.0 Å². The van der Waals surface area contributed by atoms with Crippen LogP contribution in [-0.4, -0.2) is 46.9 Å². The zero-order chi connectivity index (χ0) is 18.4. The van der Waals surface area contributed by atoms with Gasteiger partial charge in [-0.1, -0.05) is 18.2 Å². The number of carbonyl (C=O) groups is 1. The van der Waals surface area contributed by atoms with Gasteiger partial charge in [0.2, 0.25) is 5.91 Å². The van der Waals surface area contributed by atoms with E-state index in [9.17, 15) is 13.6 Å². The summed E-state index contributed by atoms with van der Waals surface area (Å²) in [5, 5.41) is 1.21. The second-order valence-electron chi connectivity index (χ2n) is 6.97. The predicted octanol–water partition coefficient (Wildman–Crippen LogP) is 3.62. The highest BCUT2D eigenvalue weighted by Crippen LogP contribution is 2.40. The lowest BCUT2D eigenvalue weighted by atomic mass is 9.79. The van der Waals surface area contributed by atoms with E-state index in [4.69, 9.17) is 0 Å². The Hall–Kier alpha value is -2.47.